The topological polar surface area (TPSA) is 120 Å². The van der Waals surface area contributed by atoms with Crippen LogP contribution in [0.5, 0.6) is 5.75 Å². The number of aliphatic hydroxyl groups excluding tert-OH is 1. The van der Waals surface area contributed by atoms with Crippen molar-refractivity contribution in [3.63, 3.8) is 0 Å². The molecule has 0 aliphatic heterocycles. The molecule has 37 heavy (non-hydrogen) atoms. The summed E-state index contributed by atoms with van der Waals surface area (Å²) in [5.41, 5.74) is 9.66. The fraction of sp³-hybridized carbons (Fsp3) is 0.200. The Morgan fingerprint density at radius 1 is 0.973 bits per heavy atom. The molecular formula is C30H32N4O3. The van der Waals surface area contributed by atoms with Crippen LogP contribution in [-0.2, 0) is 6.42 Å². The highest BCUT2D eigenvalue weighted by atomic mass is 16.3. The lowest BCUT2D eigenvalue weighted by Crippen LogP contribution is -2.43. The number of anilines is 2. The Hall–Kier alpha value is -4.20. The van der Waals surface area contributed by atoms with Gasteiger partial charge in [0.25, 0.3) is 5.91 Å². The van der Waals surface area contributed by atoms with Crippen molar-refractivity contribution < 1.29 is 15.0 Å². The van der Waals surface area contributed by atoms with Crippen molar-refractivity contribution >= 4 is 17.4 Å². The number of phenolic OH excluding ortho intramolecular Hbond substituents is 1. The van der Waals surface area contributed by atoms with Crippen LogP contribution in [0.25, 0.3) is 11.1 Å². The quantitative estimate of drug-likeness (QED) is 0.210. The van der Waals surface area contributed by atoms with Gasteiger partial charge in [0.05, 0.1) is 11.8 Å². The number of nitrogens with two attached hydrogens (primary N) is 1. The molecule has 7 nitrogen and oxygen atoms in total. The first-order valence-electron chi connectivity index (χ1n) is 12.1. The Bertz CT molecular complexity index is 1360. The Balaban J connectivity index is 1.41. The molecule has 0 unspecified atom stereocenters. The molecule has 4 aromatic rings. The zero-order valence-corrected chi connectivity index (χ0v) is 21.0. The summed E-state index contributed by atoms with van der Waals surface area (Å²) >= 11 is 0. The number of nitrogens with zero attached hydrogens (tertiary/aromatic N) is 1. The smallest absolute Gasteiger partial charge is 0.255 e. The van der Waals surface area contributed by atoms with Crippen molar-refractivity contribution in [3.05, 3.63) is 108 Å². The molecule has 0 aliphatic rings. The fourth-order valence-corrected chi connectivity index (χ4v) is 4.14. The summed E-state index contributed by atoms with van der Waals surface area (Å²) in [5, 5.41) is 27.1. The van der Waals surface area contributed by atoms with Crippen LogP contribution < -0.4 is 16.4 Å². The number of pyridine rings is 1. The number of aromatic hydroxyl groups is 1. The molecule has 0 saturated carbocycles. The van der Waals surface area contributed by atoms with Gasteiger partial charge in [0, 0.05) is 29.4 Å². The van der Waals surface area contributed by atoms with Crippen molar-refractivity contribution in [2.75, 3.05) is 17.6 Å². The lowest BCUT2D eigenvalue weighted by atomic mass is 9.93. The van der Waals surface area contributed by atoms with Crippen molar-refractivity contribution in [1.82, 2.24) is 10.3 Å². The third kappa shape index (κ3) is 6.94. The number of hydrogen-bond acceptors (Lipinski definition) is 6. The molecule has 0 radical (unpaired) electrons. The lowest BCUT2D eigenvalue weighted by Gasteiger charge is -2.28. The molecule has 190 valence electrons. The Kier molecular flexibility index (Phi) is 7.86. The average molecular weight is 497 g/mol. The molecule has 4 rings (SSSR count). The van der Waals surface area contributed by atoms with Crippen LogP contribution in [0.4, 0.5) is 11.5 Å². The molecule has 3 aromatic carbocycles. The molecule has 0 aliphatic carbocycles. The van der Waals surface area contributed by atoms with Gasteiger partial charge in [0.1, 0.15) is 11.6 Å². The highest BCUT2D eigenvalue weighted by molar-refractivity contribution is 6.05. The normalized spacial score (nSPS) is 12.2. The minimum atomic E-state index is -0.719. The van der Waals surface area contributed by atoms with Gasteiger partial charge in [0.2, 0.25) is 0 Å². The van der Waals surface area contributed by atoms with Crippen molar-refractivity contribution in [3.8, 4) is 16.9 Å². The van der Waals surface area contributed by atoms with Gasteiger partial charge in [0.15, 0.2) is 0 Å². The van der Waals surface area contributed by atoms with E-state index in [1.165, 1.54) is 0 Å². The molecule has 1 aromatic heterocycles. The third-order valence-electron chi connectivity index (χ3n) is 6.16. The standard InChI is InChI=1S/C30H32N4O3/c1-30(2,33-19-27(36)24-12-14-28(31)32-18-24)17-20-7-6-10-23(15-20)29(37)34-25-16-22(11-13-26(25)35)21-8-4-3-5-9-21/h3-16,18,27,33,35-36H,17,19H2,1-2H3,(H2,31,32)(H,34,37)/t27-/m1/s1. The first-order valence-corrected chi connectivity index (χ1v) is 12.1. The third-order valence-corrected chi connectivity index (χ3v) is 6.16. The first kappa shape index (κ1) is 25.9. The minimum absolute atomic E-state index is 0.00405. The number of phenols is 1. The summed E-state index contributed by atoms with van der Waals surface area (Å²) in [6, 6.07) is 25.8. The molecule has 1 heterocycles. The van der Waals surface area contributed by atoms with E-state index in [-0.39, 0.29) is 17.2 Å². The molecule has 0 bridgehead atoms. The average Bonchev–Trinajstić information content (AvgIpc) is 2.89. The zero-order chi connectivity index (χ0) is 26.4. The summed E-state index contributed by atoms with van der Waals surface area (Å²) in [5.74, 6) is 0.107. The van der Waals surface area contributed by atoms with Gasteiger partial charge < -0.3 is 26.6 Å². The van der Waals surface area contributed by atoms with Crippen molar-refractivity contribution in [2.45, 2.75) is 31.9 Å². The van der Waals surface area contributed by atoms with Gasteiger partial charge in [-0.25, -0.2) is 4.98 Å². The SMILES string of the molecule is CC(C)(Cc1cccc(C(=O)Nc2cc(-c3ccccc3)ccc2O)c1)NC[C@@H](O)c1ccc(N)nc1. The van der Waals surface area contributed by atoms with Crippen LogP contribution in [-0.4, -0.2) is 33.2 Å². The van der Waals surface area contributed by atoms with Crippen molar-refractivity contribution in [2.24, 2.45) is 0 Å². The number of aromatic nitrogens is 1. The Morgan fingerprint density at radius 3 is 2.49 bits per heavy atom. The van der Waals surface area contributed by atoms with E-state index in [2.05, 4.69) is 15.6 Å². The van der Waals surface area contributed by atoms with Crippen LogP contribution in [0.2, 0.25) is 0 Å². The fourth-order valence-electron chi connectivity index (χ4n) is 4.14. The summed E-state index contributed by atoms with van der Waals surface area (Å²) in [4.78, 5) is 17.1. The zero-order valence-electron chi connectivity index (χ0n) is 21.0. The number of carbonyl (C=O) groups excluding carboxylic acids is 1. The number of rotatable bonds is 9. The molecule has 0 saturated heterocycles. The van der Waals surface area contributed by atoms with Gasteiger partial charge in [-0.3, -0.25) is 4.79 Å². The summed E-state index contributed by atoms with van der Waals surface area (Å²) < 4.78 is 0. The number of nitrogens with one attached hydrogen (secondary N) is 2. The van der Waals surface area contributed by atoms with E-state index < -0.39 is 6.10 Å². The van der Waals surface area contributed by atoms with Crippen LogP contribution in [0.15, 0.2) is 91.1 Å². The number of carbonyl (C=O) groups is 1. The predicted molar refractivity (Wildman–Crippen MR) is 147 cm³/mol. The number of hydrogen-bond donors (Lipinski definition) is 5. The number of amides is 1. The van der Waals surface area contributed by atoms with E-state index in [0.29, 0.717) is 35.6 Å². The molecule has 0 spiro atoms. The first-order chi connectivity index (χ1) is 17.7. The highest BCUT2D eigenvalue weighted by Gasteiger charge is 2.21. The second-order valence-electron chi connectivity index (χ2n) is 9.73. The van der Waals surface area contributed by atoms with Gasteiger partial charge in [-0.2, -0.15) is 0 Å². The number of β-amino-alcohol motifs (C(OH)–C–C–N with tert-alkyl or cyclic N) is 1. The largest absolute Gasteiger partial charge is 0.506 e. The minimum Gasteiger partial charge on any atom is -0.506 e. The monoisotopic (exact) mass is 496 g/mol. The van der Waals surface area contributed by atoms with E-state index in [0.717, 1.165) is 16.7 Å². The summed E-state index contributed by atoms with van der Waals surface area (Å²) in [6.07, 6.45) is 1.49. The molecule has 0 fully saturated rings. The second kappa shape index (κ2) is 11.2. The van der Waals surface area contributed by atoms with E-state index in [9.17, 15) is 15.0 Å². The molecule has 6 N–H and O–H groups in total. The summed E-state index contributed by atoms with van der Waals surface area (Å²) in [6.45, 7) is 4.43. The van der Waals surface area contributed by atoms with E-state index >= 15 is 0 Å². The van der Waals surface area contributed by atoms with Crippen molar-refractivity contribution in [1.29, 1.82) is 0 Å². The maximum Gasteiger partial charge on any atom is 0.255 e. The molecular weight excluding hydrogens is 464 g/mol. The van der Waals surface area contributed by atoms with Crippen LogP contribution in [0, 0.1) is 0 Å². The number of benzene rings is 3. The maximum absolute atomic E-state index is 13.0. The summed E-state index contributed by atoms with van der Waals surface area (Å²) in [7, 11) is 0. The lowest BCUT2D eigenvalue weighted by molar-refractivity contribution is 0.102. The van der Waals surface area contributed by atoms with Crippen LogP contribution in [0.3, 0.4) is 0 Å². The van der Waals surface area contributed by atoms with E-state index in [1.807, 2.05) is 68.4 Å². The number of nitrogen functional groups attached to an aromatic ring is 1. The Labute approximate surface area is 217 Å². The van der Waals surface area contributed by atoms with Gasteiger partial charge in [-0.05, 0) is 67.3 Å². The Morgan fingerprint density at radius 2 is 1.76 bits per heavy atom. The van der Waals surface area contributed by atoms with E-state index in [1.54, 1.807) is 36.5 Å². The van der Waals surface area contributed by atoms with Crippen LogP contribution >= 0.6 is 0 Å². The molecule has 1 atom stereocenters. The van der Waals surface area contributed by atoms with Gasteiger partial charge in [-0.15, -0.1) is 0 Å². The van der Waals surface area contributed by atoms with Gasteiger partial charge >= 0.3 is 0 Å². The maximum atomic E-state index is 13.0. The predicted octanol–water partition coefficient (Wildman–Crippen LogP) is 4.93. The highest BCUT2D eigenvalue weighted by Crippen LogP contribution is 2.30. The molecule has 1 amide bonds. The van der Waals surface area contributed by atoms with E-state index in [4.69, 9.17) is 5.73 Å². The number of aliphatic hydroxyl groups is 1. The van der Waals surface area contributed by atoms with Gasteiger partial charge in [-0.1, -0.05) is 54.6 Å². The van der Waals surface area contributed by atoms with Crippen LogP contribution in [0.1, 0.15) is 41.4 Å². The molecule has 7 heteroatoms. The second-order valence-corrected chi connectivity index (χ2v) is 9.73.